The van der Waals surface area contributed by atoms with Gasteiger partial charge in [0.05, 0.1) is 17.2 Å². The molecule has 2 aromatic carbocycles. The fourth-order valence-corrected chi connectivity index (χ4v) is 5.14. The predicted molar refractivity (Wildman–Crippen MR) is 113 cm³/mol. The van der Waals surface area contributed by atoms with Gasteiger partial charge in [-0.1, -0.05) is 0 Å². The molecule has 1 amide bonds. The number of rotatable bonds is 7. The van der Waals surface area contributed by atoms with E-state index >= 15 is 0 Å². The second-order valence-electron chi connectivity index (χ2n) is 6.85. The van der Waals surface area contributed by atoms with Gasteiger partial charge in [-0.15, -0.1) is 0 Å². The van der Waals surface area contributed by atoms with Gasteiger partial charge in [-0.2, -0.15) is 0 Å². The molecule has 0 fully saturated rings. The maximum Gasteiger partial charge on any atom is 0.261 e. The van der Waals surface area contributed by atoms with Gasteiger partial charge in [-0.25, -0.2) is 21.1 Å². The number of hydrogen-bond donors (Lipinski definition) is 2. The number of ether oxygens (including phenoxy) is 1. The van der Waals surface area contributed by atoms with E-state index in [2.05, 4.69) is 10.0 Å². The number of aryl methyl sites for hydroxylation is 1. The van der Waals surface area contributed by atoms with E-state index in [4.69, 9.17) is 4.74 Å². The summed E-state index contributed by atoms with van der Waals surface area (Å²) < 4.78 is 59.9. The van der Waals surface area contributed by atoms with Crippen molar-refractivity contribution in [2.45, 2.75) is 29.6 Å². The van der Waals surface area contributed by atoms with Crippen LogP contribution in [0.25, 0.3) is 0 Å². The van der Waals surface area contributed by atoms with E-state index in [1.54, 1.807) is 13.0 Å². The van der Waals surface area contributed by atoms with Crippen molar-refractivity contribution in [1.29, 1.82) is 0 Å². The number of amides is 1. The Morgan fingerprint density at radius 1 is 1.07 bits per heavy atom. The number of sulfonamides is 2. The van der Waals surface area contributed by atoms with Crippen molar-refractivity contribution in [3.63, 3.8) is 0 Å². The lowest BCUT2D eigenvalue weighted by Crippen LogP contribution is -2.23. The van der Waals surface area contributed by atoms with Crippen LogP contribution in [0.15, 0.2) is 46.2 Å². The predicted octanol–water partition coefficient (Wildman–Crippen LogP) is 2.02. The van der Waals surface area contributed by atoms with Crippen molar-refractivity contribution in [2.75, 3.05) is 30.7 Å². The average molecular weight is 454 g/mol. The quantitative estimate of drug-likeness (QED) is 0.661. The molecule has 0 bridgehead atoms. The van der Waals surface area contributed by atoms with Gasteiger partial charge in [-0.3, -0.25) is 9.52 Å². The van der Waals surface area contributed by atoms with E-state index in [1.807, 2.05) is 0 Å². The van der Waals surface area contributed by atoms with Crippen LogP contribution in [0.1, 0.15) is 18.9 Å². The van der Waals surface area contributed by atoms with E-state index in [9.17, 15) is 21.6 Å². The third-order valence-corrected chi connectivity index (χ3v) is 7.75. The molecule has 0 aliphatic carbocycles. The summed E-state index contributed by atoms with van der Waals surface area (Å²) in [5, 5.41) is 2.70. The summed E-state index contributed by atoms with van der Waals surface area (Å²) in [5.41, 5.74) is 1.40. The Morgan fingerprint density at radius 3 is 2.47 bits per heavy atom. The van der Waals surface area contributed by atoms with Crippen LogP contribution in [-0.2, 0) is 31.3 Å². The number of anilines is 2. The second kappa shape index (κ2) is 8.25. The first-order valence-electron chi connectivity index (χ1n) is 9.19. The Kier molecular flexibility index (Phi) is 6.06. The first-order valence-corrected chi connectivity index (χ1v) is 12.1. The summed E-state index contributed by atoms with van der Waals surface area (Å²) in [6.45, 7) is 1.98. The number of carbonyl (C=O) groups is 1. The molecular weight excluding hydrogens is 430 g/mol. The summed E-state index contributed by atoms with van der Waals surface area (Å²) >= 11 is 0. The lowest BCUT2D eigenvalue weighted by molar-refractivity contribution is -0.116. The van der Waals surface area contributed by atoms with Gasteiger partial charge in [0.15, 0.2) is 0 Å². The molecule has 162 valence electrons. The minimum Gasteiger partial charge on any atom is -0.492 e. The van der Waals surface area contributed by atoms with Gasteiger partial charge in [0.1, 0.15) is 10.6 Å². The molecule has 0 saturated heterocycles. The van der Waals surface area contributed by atoms with Crippen molar-refractivity contribution in [3.8, 4) is 5.75 Å². The van der Waals surface area contributed by atoms with Gasteiger partial charge in [-0.05, 0) is 55.3 Å². The van der Waals surface area contributed by atoms with E-state index in [0.717, 1.165) is 9.87 Å². The fourth-order valence-electron chi connectivity index (χ4n) is 2.99. The Hall–Kier alpha value is -2.63. The number of nitrogens with one attached hydrogen (secondary N) is 2. The topological polar surface area (TPSA) is 122 Å². The van der Waals surface area contributed by atoms with Gasteiger partial charge >= 0.3 is 0 Å². The standard InChI is InChI=1S/C19H23N3O6S2/c1-4-28-17-9-6-14(12-18(17)30(26,27)22(2)3)21-29(24,25)15-7-8-16-13(11-15)5-10-19(23)20-16/h6-9,11-12,21H,4-5,10H2,1-3H3,(H,20,23). The van der Waals surface area contributed by atoms with Gasteiger partial charge < -0.3 is 10.1 Å². The molecule has 1 heterocycles. The SMILES string of the molecule is CCOc1ccc(NS(=O)(=O)c2ccc3c(c2)CCC(=O)N3)cc1S(=O)(=O)N(C)C. The van der Waals surface area contributed by atoms with Crippen LogP contribution in [0.3, 0.4) is 0 Å². The Labute approximate surface area is 176 Å². The average Bonchev–Trinajstić information content (AvgIpc) is 2.68. The smallest absolute Gasteiger partial charge is 0.261 e. The summed E-state index contributed by atoms with van der Waals surface area (Å²) in [6, 6.07) is 8.52. The van der Waals surface area contributed by atoms with Crippen LogP contribution in [0.4, 0.5) is 11.4 Å². The number of fused-ring (bicyclic) bond motifs is 1. The van der Waals surface area contributed by atoms with Crippen LogP contribution < -0.4 is 14.8 Å². The lowest BCUT2D eigenvalue weighted by Gasteiger charge is -2.19. The Bertz CT molecular complexity index is 1190. The minimum atomic E-state index is -3.98. The van der Waals surface area contributed by atoms with Gasteiger partial charge in [0.25, 0.3) is 10.0 Å². The molecule has 1 aliphatic heterocycles. The van der Waals surface area contributed by atoms with Crippen molar-refractivity contribution >= 4 is 37.3 Å². The highest BCUT2D eigenvalue weighted by molar-refractivity contribution is 7.92. The molecule has 3 rings (SSSR count). The molecule has 0 spiro atoms. The Balaban J connectivity index is 1.96. The molecule has 2 N–H and O–H groups in total. The highest BCUT2D eigenvalue weighted by Gasteiger charge is 2.25. The van der Waals surface area contributed by atoms with Gasteiger partial charge in [0.2, 0.25) is 15.9 Å². The number of hydrogen-bond acceptors (Lipinski definition) is 6. The fraction of sp³-hybridized carbons (Fsp3) is 0.316. The molecule has 2 aromatic rings. The van der Waals surface area contributed by atoms with Crippen LogP contribution in [0.2, 0.25) is 0 Å². The van der Waals surface area contributed by atoms with Crippen LogP contribution in [-0.4, -0.2) is 47.8 Å². The molecule has 0 radical (unpaired) electrons. The van der Waals surface area contributed by atoms with E-state index in [0.29, 0.717) is 12.1 Å². The molecule has 30 heavy (non-hydrogen) atoms. The Morgan fingerprint density at radius 2 is 1.80 bits per heavy atom. The first kappa shape index (κ1) is 22.1. The van der Waals surface area contributed by atoms with E-state index in [-0.39, 0.29) is 40.2 Å². The van der Waals surface area contributed by atoms with E-state index in [1.165, 1.54) is 44.4 Å². The zero-order valence-corrected chi connectivity index (χ0v) is 18.4. The maximum absolute atomic E-state index is 12.9. The van der Waals surface area contributed by atoms with Crippen LogP contribution in [0, 0.1) is 0 Å². The molecule has 1 aliphatic rings. The van der Waals surface area contributed by atoms with Crippen molar-refractivity contribution < 1.29 is 26.4 Å². The molecule has 0 atom stereocenters. The monoisotopic (exact) mass is 453 g/mol. The van der Waals surface area contributed by atoms with E-state index < -0.39 is 20.0 Å². The first-order chi connectivity index (χ1) is 14.0. The largest absolute Gasteiger partial charge is 0.492 e. The maximum atomic E-state index is 12.9. The summed E-state index contributed by atoms with van der Waals surface area (Å²) in [7, 11) is -5.07. The number of benzene rings is 2. The molecule has 11 heteroatoms. The molecule has 0 aromatic heterocycles. The summed E-state index contributed by atoms with van der Waals surface area (Å²) in [6.07, 6.45) is 0.730. The normalized spacial score (nSPS) is 14.2. The zero-order valence-electron chi connectivity index (χ0n) is 16.8. The molecule has 0 unspecified atom stereocenters. The summed E-state index contributed by atoms with van der Waals surface area (Å²) in [5.74, 6) is 0.0268. The third-order valence-electron chi connectivity index (χ3n) is 4.54. The van der Waals surface area contributed by atoms with Crippen molar-refractivity contribution in [3.05, 3.63) is 42.0 Å². The highest BCUT2D eigenvalue weighted by Crippen LogP contribution is 2.31. The van der Waals surface area contributed by atoms with Crippen LogP contribution in [0.5, 0.6) is 5.75 Å². The number of nitrogens with zero attached hydrogens (tertiary/aromatic N) is 1. The molecule has 9 nitrogen and oxygen atoms in total. The minimum absolute atomic E-state index is 0.0169. The zero-order chi connectivity index (χ0) is 22.1. The molecular formula is C19H23N3O6S2. The van der Waals surface area contributed by atoms with Crippen LogP contribution >= 0.6 is 0 Å². The second-order valence-corrected chi connectivity index (χ2v) is 10.7. The van der Waals surface area contributed by atoms with Crippen molar-refractivity contribution in [2.24, 2.45) is 0 Å². The summed E-state index contributed by atoms with van der Waals surface area (Å²) in [4.78, 5) is 11.4. The van der Waals surface area contributed by atoms with Crippen molar-refractivity contribution in [1.82, 2.24) is 4.31 Å². The third kappa shape index (κ3) is 4.42. The lowest BCUT2D eigenvalue weighted by atomic mass is 10.0. The van der Waals surface area contributed by atoms with Gasteiger partial charge in [0, 0.05) is 26.2 Å². The highest BCUT2D eigenvalue weighted by atomic mass is 32.2. The molecule has 0 saturated carbocycles. The number of carbonyl (C=O) groups excluding carboxylic acids is 1.